The lowest BCUT2D eigenvalue weighted by Gasteiger charge is -2.47. The lowest BCUT2D eigenvalue weighted by Crippen LogP contribution is -2.54. The predicted molar refractivity (Wildman–Crippen MR) is 73.9 cm³/mol. The minimum absolute atomic E-state index is 0.648. The largest absolute Gasteiger partial charge is 0.329 e. The Morgan fingerprint density at radius 3 is 2.41 bits per heavy atom. The van der Waals surface area contributed by atoms with E-state index in [4.69, 9.17) is 5.73 Å². The van der Waals surface area contributed by atoms with E-state index in [1.807, 2.05) is 0 Å². The molecule has 5 atom stereocenters. The van der Waals surface area contributed by atoms with Gasteiger partial charge in [0.15, 0.2) is 0 Å². The van der Waals surface area contributed by atoms with Crippen molar-refractivity contribution in [2.75, 3.05) is 13.1 Å². The first kappa shape index (κ1) is 13.4. The molecule has 0 spiro atoms. The van der Waals surface area contributed by atoms with Crippen molar-refractivity contribution in [3.8, 4) is 0 Å². The monoisotopic (exact) mass is 238 g/mol. The zero-order valence-electron chi connectivity index (χ0n) is 11.9. The van der Waals surface area contributed by atoms with Gasteiger partial charge < -0.3 is 5.73 Å². The molecule has 2 N–H and O–H groups in total. The summed E-state index contributed by atoms with van der Waals surface area (Å²) in [6.45, 7) is 9.37. The maximum Gasteiger partial charge on any atom is 0.0246 e. The van der Waals surface area contributed by atoms with E-state index < -0.39 is 0 Å². The molecule has 0 aromatic rings. The van der Waals surface area contributed by atoms with Gasteiger partial charge in [-0.05, 0) is 56.4 Å². The number of hydrogen-bond acceptors (Lipinski definition) is 2. The molecule has 2 fully saturated rings. The van der Waals surface area contributed by atoms with E-state index in [2.05, 4.69) is 25.7 Å². The Morgan fingerprint density at radius 1 is 1.00 bits per heavy atom. The lowest BCUT2D eigenvalue weighted by molar-refractivity contribution is 0.0258. The van der Waals surface area contributed by atoms with Crippen LogP contribution in [0.4, 0.5) is 0 Å². The van der Waals surface area contributed by atoms with Gasteiger partial charge in [-0.3, -0.25) is 4.90 Å². The topological polar surface area (TPSA) is 29.3 Å². The Bertz CT molecular complexity index is 241. The maximum atomic E-state index is 6.01. The SMILES string of the molecule is CC1CCC(N2CCCC(C)C2CN)CC1C. The standard InChI is InChI=1S/C15H30N2/c1-11-6-7-14(9-13(11)3)17-8-4-5-12(2)15(17)10-16/h11-15H,4-10,16H2,1-3H3. The van der Waals surface area contributed by atoms with E-state index in [-0.39, 0.29) is 0 Å². The van der Waals surface area contributed by atoms with Gasteiger partial charge in [0.25, 0.3) is 0 Å². The second-order valence-electron chi connectivity index (χ2n) is 6.58. The molecule has 100 valence electrons. The highest BCUT2D eigenvalue weighted by Crippen LogP contribution is 2.35. The van der Waals surface area contributed by atoms with Gasteiger partial charge >= 0.3 is 0 Å². The summed E-state index contributed by atoms with van der Waals surface area (Å²) >= 11 is 0. The molecule has 0 aromatic heterocycles. The van der Waals surface area contributed by atoms with Crippen molar-refractivity contribution in [2.24, 2.45) is 23.5 Å². The normalized spacial score (nSPS) is 44.8. The molecule has 0 radical (unpaired) electrons. The fraction of sp³-hybridized carbons (Fsp3) is 1.00. The summed E-state index contributed by atoms with van der Waals surface area (Å²) in [6, 6.07) is 1.46. The molecule has 1 aliphatic carbocycles. The molecule has 2 aliphatic rings. The number of piperidine rings is 1. The fourth-order valence-corrected chi connectivity index (χ4v) is 3.92. The molecule has 5 unspecified atom stereocenters. The summed E-state index contributed by atoms with van der Waals surface area (Å²) in [6.07, 6.45) is 6.95. The second-order valence-corrected chi connectivity index (χ2v) is 6.58. The summed E-state index contributed by atoms with van der Waals surface area (Å²) in [5.74, 6) is 2.61. The van der Waals surface area contributed by atoms with Gasteiger partial charge in [-0.2, -0.15) is 0 Å². The number of likely N-dealkylation sites (tertiary alicyclic amines) is 1. The van der Waals surface area contributed by atoms with E-state index in [9.17, 15) is 0 Å². The first-order chi connectivity index (χ1) is 8.13. The molecular weight excluding hydrogens is 208 g/mol. The van der Waals surface area contributed by atoms with Crippen LogP contribution in [0.1, 0.15) is 52.9 Å². The van der Waals surface area contributed by atoms with E-state index in [0.29, 0.717) is 6.04 Å². The van der Waals surface area contributed by atoms with Gasteiger partial charge in [-0.25, -0.2) is 0 Å². The molecule has 2 heteroatoms. The molecule has 2 rings (SSSR count). The Hall–Kier alpha value is -0.0800. The van der Waals surface area contributed by atoms with Crippen molar-refractivity contribution in [3.05, 3.63) is 0 Å². The molecule has 0 amide bonds. The first-order valence-electron chi connectivity index (χ1n) is 7.59. The van der Waals surface area contributed by atoms with Gasteiger partial charge in [-0.1, -0.05) is 20.8 Å². The van der Waals surface area contributed by atoms with Gasteiger partial charge in [0.2, 0.25) is 0 Å². The van der Waals surface area contributed by atoms with Crippen LogP contribution in [0.3, 0.4) is 0 Å². The molecule has 0 aromatic carbocycles. The highest BCUT2D eigenvalue weighted by molar-refractivity contribution is 4.90. The third kappa shape index (κ3) is 2.85. The number of nitrogens with zero attached hydrogens (tertiary/aromatic N) is 1. The third-order valence-electron chi connectivity index (χ3n) is 5.44. The van der Waals surface area contributed by atoms with Gasteiger partial charge in [0, 0.05) is 18.6 Å². The van der Waals surface area contributed by atoms with Crippen molar-refractivity contribution >= 4 is 0 Å². The van der Waals surface area contributed by atoms with Gasteiger partial charge in [0.1, 0.15) is 0 Å². The van der Waals surface area contributed by atoms with Crippen LogP contribution in [0.5, 0.6) is 0 Å². The Balaban J connectivity index is 2.00. The minimum atomic E-state index is 0.648. The van der Waals surface area contributed by atoms with Gasteiger partial charge in [-0.15, -0.1) is 0 Å². The van der Waals surface area contributed by atoms with E-state index in [1.54, 1.807) is 0 Å². The number of nitrogens with two attached hydrogens (primary N) is 1. The summed E-state index contributed by atoms with van der Waals surface area (Å²) in [5.41, 5.74) is 6.01. The Labute approximate surface area is 107 Å². The molecule has 1 aliphatic heterocycles. The highest BCUT2D eigenvalue weighted by Gasteiger charge is 2.35. The van der Waals surface area contributed by atoms with Crippen LogP contribution < -0.4 is 5.73 Å². The van der Waals surface area contributed by atoms with Crippen molar-refractivity contribution in [1.82, 2.24) is 4.90 Å². The molecule has 1 saturated carbocycles. The van der Waals surface area contributed by atoms with Crippen molar-refractivity contribution in [2.45, 2.75) is 65.0 Å². The molecule has 0 bridgehead atoms. The second kappa shape index (κ2) is 5.71. The van der Waals surface area contributed by atoms with Crippen LogP contribution in [0, 0.1) is 17.8 Å². The summed E-state index contributed by atoms with van der Waals surface area (Å²) in [5, 5.41) is 0. The van der Waals surface area contributed by atoms with Gasteiger partial charge in [0.05, 0.1) is 0 Å². The first-order valence-corrected chi connectivity index (χ1v) is 7.59. The molecule has 1 saturated heterocycles. The quantitative estimate of drug-likeness (QED) is 0.801. The van der Waals surface area contributed by atoms with Crippen LogP contribution in [-0.4, -0.2) is 30.1 Å². The predicted octanol–water partition coefficient (Wildman–Crippen LogP) is 2.87. The molecular formula is C15H30N2. The van der Waals surface area contributed by atoms with Crippen LogP contribution >= 0.6 is 0 Å². The highest BCUT2D eigenvalue weighted by atomic mass is 15.2. The van der Waals surface area contributed by atoms with Crippen LogP contribution in [0.15, 0.2) is 0 Å². The molecule has 2 nitrogen and oxygen atoms in total. The Kier molecular flexibility index (Phi) is 4.48. The van der Waals surface area contributed by atoms with Crippen molar-refractivity contribution < 1.29 is 0 Å². The summed E-state index contributed by atoms with van der Waals surface area (Å²) < 4.78 is 0. The van der Waals surface area contributed by atoms with Crippen molar-refractivity contribution in [1.29, 1.82) is 0 Å². The van der Waals surface area contributed by atoms with E-state index in [0.717, 1.165) is 30.3 Å². The average Bonchev–Trinajstić information content (AvgIpc) is 2.32. The van der Waals surface area contributed by atoms with E-state index >= 15 is 0 Å². The zero-order valence-corrected chi connectivity index (χ0v) is 11.9. The van der Waals surface area contributed by atoms with Crippen LogP contribution in [0.25, 0.3) is 0 Å². The fourth-order valence-electron chi connectivity index (χ4n) is 3.92. The van der Waals surface area contributed by atoms with Crippen LogP contribution in [-0.2, 0) is 0 Å². The maximum absolute atomic E-state index is 6.01. The zero-order chi connectivity index (χ0) is 12.4. The number of rotatable bonds is 2. The molecule has 17 heavy (non-hydrogen) atoms. The summed E-state index contributed by atoms with van der Waals surface area (Å²) in [4.78, 5) is 2.76. The summed E-state index contributed by atoms with van der Waals surface area (Å²) in [7, 11) is 0. The lowest BCUT2D eigenvalue weighted by atomic mass is 9.77. The minimum Gasteiger partial charge on any atom is -0.329 e. The third-order valence-corrected chi connectivity index (χ3v) is 5.44. The van der Waals surface area contributed by atoms with Crippen LogP contribution in [0.2, 0.25) is 0 Å². The molecule has 1 heterocycles. The number of hydrogen-bond donors (Lipinski definition) is 1. The smallest absolute Gasteiger partial charge is 0.0246 e. The van der Waals surface area contributed by atoms with Crippen molar-refractivity contribution in [3.63, 3.8) is 0 Å². The van der Waals surface area contributed by atoms with E-state index in [1.165, 1.54) is 38.6 Å². The Morgan fingerprint density at radius 2 is 1.76 bits per heavy atom. The average molecular weight is 238 g/mol.